The molecule has 1 aliphatic rings. The first-order valence-electron chi connectivity index (χ1n) is 5.04. The number of hydrogen-bond acceptors (Lipinski definition) is 2. The number of anilines is 1. The van der Waals surface area contributed by atoms with Gasteiger partial charge in [-0.25, -0.2) is 0 Å². The lowest BCUT2D eigenvalue weighted by molar-refractivity contribution is 0.357. The molecule has 1 heterocycles. The predicted octanol–water partition coefficient (Wildman–Crippen LogP) is 2.50. The highest BCUT2D eigenvalue weighted by Crippen LogP contribution is 2.37. The molecule has 0 atom stereocenters. The van der Waals surface area contributed by atoms with Crippen LogP contribution in [0.4, 0.5) is 5.69 Å². The van der Waals surface area contributed by atoms with Crippen molar-refractivity contribution in [1.29, 1.82) is 0 Å². The molecule has 0 aromatic heterocycles. The van der Waals surface area contributed by atoms with E-state index in [1.54, 1.807) is 0 Å². The maximum Gasteiger partial charge on any atom is 0.124 e. The van der Waals surface area contributed by atoms with Crippen molar-refractivity contribution in [2.45, 2.75) is 32.6 Å². The van der Waals surface area contributed by atoms with Gasteiger partial charge in [-0.1, -0.05) is 20.8 Å². The summed E-state index contributed by atoms with van der Waals surface area (Å²) >= 11 is 0. The fraction of sp³-hybridized carbons (Fsp3) is 0.500. The maximum atomic E-state index is 5.85. The van der Waals surface area contributed by atoms with Crippen LogP contribution in [0.1, 0.15) is 31.9 Å². The number of benzene rings is 1. The second kappa shape index (κ2) is 2.91. The van der Waals surface area contributed by atoms with Crippen LogP contribution < -0.4 is 10.5 Å². The van der Waals surface area contributed by atoms with Crippen LogP contribution in [0.5, 0.6) is 5.75 Å². The summed E-state index contributed by atoms with van der Waals surface area (Å²) in [7, 11) is 0. The molecule has 1 aliphatic heterocycles. The van der Waals surface area contributed by atoms with E-state index in [4.69, 9.17) is 10.5 Å². The molecule has 0 aliphatic carbocycles. The molecule has 0 fully saturated rings. The molecule has 0 radical (unpaired) electrons. The van der Waals surface area contributed by atoms with Crippen molar-refractivity contribution >= 4 is 5.69 Å². The van der Waals surface area contributed by atoms with E-state index in [2.05, 4.69) is 26.8 Å². The summed E-state index contributed by atoms with van der Waals surface area (Å²) in [6, 6.07) is 4.01. The lowest BCUT2D eigenvalue weighted by Crippen LogP contribution is -2.14. The molecule has 2 rings (SSSR count). The lowest BCUT2D eigenvalue weighted by atomic mass is 9.83. The van der Waals surface area contributed by atoms with E-state index in [9.17, 15) is 0 Å². The molecular weight excluding hydrogens is 174 g/mol. The monoisotopic (exact) mass is 191 g/mol. The molecule has 0 spiro atoms. The Morgan fingerprint density at radius 1 is 1.29 bits per heavy atom. The van der Waals surface area contributed by atoms with Gasteiger partial charge >= 0.3 is 0 Å². The van der Waals surface area contributed by atoms with E-state index in [0.29, 0.717) is 0 Å². The number of hydrogen-bond donors (Lipinski definition) is 1. The standard InChI is InChI=1S/C12H17NO/c1-12(2,3)10-6-8(13)7-11-9(10)4-5-14-11/h6-7H,4-5,13H2,1-3H3. The van der Waals surface area contributed by atoms with Gasteiger partial charge in [0, 0.05) is 23.7 Å². The number of rotatable bonds is 0. The first-order chi connectivity index (χ1) is 6.48. The average Bonchev–Trinajstić information content (AvgIpc) is 2.47. The SMILES string of the molecule is CC(C)(C)c1cc(N)cc2c1CCO2. The highest BCUT2D eigenvalue weighted by atomic mass is 16.5. The Bertz CT molecular complexity index is 363. The van der Waals surface area contributed by atoms with E-state index in [1.165, 1.54) is 11.1 Å². The molecule has 2 N–H and O–H groups in total. The quantitative estimate of drug-likeness (QED) is 0.639. The van der Waals surface area contributed by atoms with Crippen LogP contribution in [-0.4, -0.2) is 6.61 Å². The number of fused-ring (bicyclic) bond motifs is 1. The molecule has 0 saturated heterocycles. The van der Waals surface area contributed by atoms with Crippen LogP contribution in [0.15, 0.2) is 12.1 Å². The second-order valence-electron chi connectivity index (χ2n) is 4.89. The summed E-state index contributed by atoms with van der Waals surface area (Å²) in [5.74, 6) is 0.981. The molecule has 14 heavy (non-hydrogen) atoms. The first kappa shape index (κ1) is 9.38. The smallest absolute Gasteiger partial charge is 0.124 e. The Labute approximate surface area is 85.1 Å². The minimum Gasteiger partial charge on any atom is -0.493 e. The zero-order valence-corrected chi connectivity index (χ0v) is 9.05. The average molecular weight is 191 g/mol. The minimum atomic E-state index is 0.146. The molecule has 1 aromatic rings. The van der Waals surface area contributed by atoms with Crippen molar-refractivity contribution < 1.29 is 4.74 Å². The van der Waals surface area contributed by atoms with Gasteiger partial charge in [-0.3, -0.25) is 0 Å². The summed E-state index contributed by atoms with van der Waals surface area (Å²) in [6.45, 7) is 7.42. The Morgan fingerprint density at radius 2 is 2.00 bits per heavy atom. The predicted molar refractivity (Wildman–Crippen MR) is 58.8 cm³/mol. The van der Waals surface area contributed by atoms with Crippen LogP contribution in [0, 0.1) is 0 Å². The van der Waals surface area contributed by atoms with Crippen LogP contribution in [0.2, 0.25) is 0 Å². The van der Waals surface area contributed by atoms with Gasteiger partial charge < -0.3 is 10.5 Å². The van der Waals surface area contributed by atoms with Crippen molar-refractivity contribution in [1.82, 2.24) is 0 Å². The first-order valence-corrected chi connectivity index (χ1v) is 5.04. The van der Waals surface area contributed by atoms with Gasteiger partial charge in [0.1, 0.15) is 5.75 Å². The van der Waals surface area contributed by atoms with Crippen molar-refractivity contribution in [2.75, 3.05) is 12.3 Å². The number of nitrogens with two attached hydrogens (primary N) is 1. The molecule has 2 nitrogen and oxygen atoms in total. The molecule has 1 aromatic carbocycles. The topological polar surface area (TPSA) is 35.2 Å². The van der Waals surface area contributed by atoms with Crippen molar-refractivity contribution in [2.24, 2.45) is 0 Å². The van der Waals surface area contributed by atoms with Crippen molar-refractivity contribution in [3.8, 4) is 5.75 Å². The van der Waals surface area contributed by atoms with Gasteiger partial charge in [-0.15, -0.1) is 0 Å². The van der Waals surface area contributed by atoms with E-state index in [0.717, 1.165) is 24.5 Å². The zero-order valence-electron chi connectivity index (χ0n) is 9.05. The fourth-order valence-electron chi connectivity index (χ4n) is 1.99. The van der Waals surface area contributed by atoms with Gasteiger partial charge in [0.2, 0.25) is 0 Å². The normalized spacial score (nSPS) is 15.1. The minimum absolute atomic E-state index is 0.146. The van der Waals surface area contributed by atoms with Crippen LogP contribution in [0.25, 0.3) is 0 Å². The van der Waals surface area contributed by atoms with Crippen LogP contribution >= 0.6 is 0 Å². The summed E-state index contributed by atoms with van der Waals surface area (Å²) in [5.41, 5.74) is 9.46. The molecule has 0 unspecified atom stereocenters. The Morgan fingerprint density at radius 3 is 2.64 bits per heavy atom. The molecule has 0 bridgehead atoms. The summed E-state index contributed by atoms with van der Waals surface area (Å²) < 4.78 is 5.54. The van der Waals surface area contributed by atoms with E-state index < -0.39 is 0 Å². The molecule has 76 valence electrons. The Kier molecular flexibility index (Phi) is 1.95. The second-order valence-corrected chi connectivity index (χ2v) is 4.89. The zero-order chi connectivity index (χ0) is 10.3. The fourth-order valence-corrected chi connectivity index (χ4v) is 1.99. The number of nitrogen functional groups attached to an aromatic ring is 1. The largest absolute Gasteiger partial charge is 0.493 e. The van der Waals surface area contributed by atoms with Gasteiger partial charge in [0.05, 0.1) is 6.61 Å². The third-order valence-corrected chi connectivity index (χ3v) is 2.65. The molecule has 0 amide bonds. The highest BCUT2D eigenvalue weighted by Gasteiger charge is 2.24. The van der Waals surface area contributed by atoms with Crippen molar-refractivity contribution in [3.63, 3.8) is 0 Å². The van der Waals surface area contributed by atoms with Gasteiger partial charge in [-0.05, 0) is 17.0 Å². The van der Waals surface area contributed by atoms with Gasteiger partial charge in [0.25, 0.3) is 0 Å². The van der Waals surface area contributed by atoms with Crippen LogP contribution in [-0.2, 0) is 11.8 Å². The number of ether oxygens (including phenoxy) is 1. The summed E-state index contributed by atoms with van der Waals surface area (Å²) in [6.07, 6.45) is 1.02. The third kappa shape index (κ3) is 1.45. The summed E-state index contributed by atoms with van der Waals surface area (Å²) in [4.78, 5) is 0. The molecule has 2 heteroatoms. The lowest BCUT2D eigenvalue weighted by Gasteiger charge is -2.22. The van der Waals surface area contributed by atoms with Crippen LogP contribution in [0.3, 0.4) is 0 Å². The van der Waals surface area contributed by atoms with E-state index in [-0.39, 0.29) is 5.41 Å². The van der Waals surface area contributed by atoms with E-state index >= 15 is 0 Å². The van der Waals surface area contributed by atoms with Gasteiger partial charge in [-0.2, -0.15) is 0 Å². The van der Waals surface area contributed by atoms with Gasteiger partial charge in [0.15, 0.2) is 0 Å². The molecular formula is C12H17NO. The maximum absolute atomic E-state index is 5.85. The highest BCUT2D eigenvalue weighted by molar-refractivity contribution is 5.56. The summed E-state index contributed by atoms with van der Waals surface area (Å²) in [5, 5.41) is 0. The van der Waals surface area contributed by atoms with E-state index in [1.807, 2.05) is 6.07 Å². The third-order valence-electron chi connectivity index (χ3n) is 2.65. The van der Waals surface area contributed by atoms with Crippen molar-refractivity contribution in [3.05, 3.63) is 23.3 Å². The molecule has 0 saturated carbocycles. The Hall–Kier alpha value is -1.18. The Balaban J connectivity index is 2.60.